The van der Waals surface area contributed by atoms with Gasteiger partial charge in [0.1, 0.15) is 18.1 Å². The van der Waals surface area contributed by atoms with Gasteiger partial charge < -0.3 is 32.5 Å². The van der Waals surface area contributed by atoms with Crippen LogP contribution in [0.2, 0.25) is 0 Å². The Hall–Kier alpha value is -1.85. The summed E-state index contributed by atoms with van der Waals surface area (Å²) in [5.41, 5.74) is 11.2. The van der Waals surface area contributed by atoms with E-state index in [1.54, 1.807) is 13.8 Å². The van der Waals surface area contributed by atoms with Crippen molar-refractivity contribution in [1.82, 2.24) is 16.0 Å². The highest BCUT2D eigenvalue weighted by molar-refractivity contribution is 7.80. The van der Waals surface area contributed by atoms with E-state index in [-0.39, 0.29) is 11.7 Å². The van der Waals surface area contributed by atoms with Crippen molar-refractivity contribution in [2.24, 2.45) is 17.4 Å². The molecule has 4 atom stereocenters. The molecule has 0 rings (SSSR count). The first-order chi connectivity index (χ1) is 13.0. The maximum Gasteiger partial charge on any atom is 0.325 e. The number of aliphatic carboxylic acids is 1. The first-order valence-corrected chi connectivity index (χ1v) is 9.88. The van der Waals surface area contributed by atoms with Crippen LogP contribution in [0.3, 0.4) is 0 Å². The van der Waals surface area contributed by atoms with E-state index in [4.69, 9.17) is 16.6 Å². The van der Waals surface area contributed by atoms with Crippen LogP contribution in [-0.4, -0.2) is 65.3 Å². The zero-order valence-corrected chi connectivity index (χ0v) is 17.5. The minimum absolute atomic E-state index is 0.00502. The van der Waals surface area contributed by atoms with Crippen molar-refractivity contribution in [3.8, 4) is 0 Å². The molecule has 0 radical (unpaired) electrons. The van der Waals surface area contributed by atoms with Crippen LogP contribution in [-0.2, 0) is 19.2 Å². The predicted molar refractivity (Wildman–Crippen MR) is 109 cm³/mol. The molecule has 0 spiro atoms. The SMILES string of the molecule is CC(NC(=O)C(NC(=O)C(CS)NC(=O)C(N)CCCCN)C(C)C)C(=O)O. The van der Waals surface area contributed by atoms with Crippen LogP contribution in [0.15, 0.2) is 0 Å². The Kier molecular flexibility index (Phi) is 12.5. The molecule has 0 bridgehead atoms. The summed E-state index contributed by atoms with van der Waals surface area (Å²) in [7, 11) is 0. The molecule has 0 heterocycles. The number of rotatable bonds is 13. The molecule has 8 N–H and O–H groups in total. The van der Waals surface area contributed by atoms with E-state index in [0.717, 1.165) is 6.42 Å². The monoisotopic (exact) mass is 419 g/mol. The van der Waals surface area contributed by atoms with E-state index in [9.17, 15) is 19.2 Å². The van der Waals surface area contributed by atoms with E-state index in [1.807, 2.05) is 0 Å². The van der Waals surface area contributed by atoms with Crippen LogP contribution in [0.5, 0.6) is 0 Å². The summed E-state index contributed by atoms with van der Waals surface area (Å²) in [5, 5.41) is 16.3. The molecule has 28 heavy (non-hydrogen) atoms. The van der Waals surface area contributed by atoms with Gasteiger partial charge in [0.25, 0.3) is 0 Å². The Labute approximate surface area is 171 Å². The van der Waals surface area contributed by atoms with E-state index >= 15 is 0 Å². The largest absolute Gasteiger partial charge is 0.480 e. The van der Waals surface area contributed by atoms with Gasteiger partial charge in [-0.1, -0.05) is 20.3 Å². The number of carbonyl (C=O) groups is 4. The van der Waals surface area contributed by atoms with Crippen molar-refractivity contribution in [3.63, 3.8) is 0 Å². The minimum Gasteiger partial charge on any atom is -0.480 e. The van der Waals surface area contributed by atoms with Gasteiger partial charge in [-0.3, -0.25) is 19.2 Å². The Bertz CT molecular complexity index is 546. The first kappa shape index (κ1) is 26.1. The number of thiol groups is 1. The lowest BCUT2D eigenvalue weighted by Gasteiger charge is -2.26. The lowest BCUT2D eigenvalue weighted by atomic mass is 10.0. The first-order valence-electron chi connectivity index (χ1n) is 9.25. The summed E-state index contributed by atoms with van der Waals surface area (Å²) in [4.78, 5) is 47.9. The van der Waals surface area contributed by atoms with Gasteiger partial charge in [0.2, 0.25) is 17.7 Å². The van der Waals surface area contributed by atoms with Crippen molar-refractivity contribution in [1.29, 1.82) is 0 Å². The number of amides is 3. The summed E-state index contributed by atoms with van der Waals surface area (Å²) >= 11 is 4.08. The standard InChI is InChI=1S/C17H33N5O5S/c1-9(2)13(16(25)20-10(3)17(26)27)22-15(24)12(8-28)21-14(23)11(19)6-4-5-7-18/h9-13,28H,4-8,18-19H2,1-3H3,(H,20,25)(H,21,23)(H,22,24)(H,26,27). The highest BCUT2D eigenvalue weighted by Gasteiger charge is 2.30. The number of nitrogens with two attached hydrogens (primary N) is 2. The van der Waals surface area contributed by atoms with Crippen LogP contribution >= 0.6 is 12.6 Å². The molecule has 0 aromatic carbocycles. The quantitative estimate of drug-likeness (QED) is 0.142. The molecule has 11 heteroatoms. The van der Waals surface area contributed by atoms with Crippen molar-refractivity contribution < 1.29 is 24.3 Å². The van der Waals surface area contributed by atoms with Gasteiger partial charge in [-0.05, 0) is 32.2 Å². The van der Waals surface area contributed by atoms with E-state index in [1.165, 1.54) is 6.92 Å². The zero-order valence-electron chi connectivity index (χ0n) is 16.6. The van der Waals surface area contributed by atoms with Gasteiger partial charge in [-0.2, -0.15) is 12.6 Å². The lowest BCUT2D eigenvalue weighted by Crippen LogP contribution is -2.58. The molecule has 0 saturated carbocycles. The molecule has 0 aromatic rings. The highest BCUT2D eigenvalue weighted by Crippen LogP contribution is 2.05. The fourth-order valence-corrected chi connectivity index (χ4v) is 2.52. The molecule has 162 valence electrons. The number of hydrogen-bond donors (Lipinski definition) is 7. The van der Waals surface area contributed by atoms with E-state index in [0.29, 0.717) is 19.4 Å². The normalized spacial score (nSPS) is 15.2. The molecule has 3 amide bonds. The molecular weight excluding hydrogens is 386 g/mol. The second-order valence-electron chi connectivity index (χ2n) is 6.93. The Morgan fingerprint density at radius 2 is 1.57 bits per heavy atom. The molecular formula is C17H33N5O5S. The number of carboxylic acids is 1. The topological polar surface area (TPSA) is 177 Å². The van der Waals surface area contributed by atoms with Crippen molar-refractivity contribution in [2.45, 2.75) is 64.2 Å². The summed E-state index contributed by atoms with van der Waals surface area (Å²) < 4.78 is 0. The Balaban J connectivity index is 4.90. The molecule has 0 aliphatic rings. The fraction of sp³-hybridized carbons (Fsp3) is 0.765. The second kappa shape index (κ2) is 13.3. The lowest BCUT2D eigenvalue weighted by molar-refractivity contribution is -0.142. The average Bonchev–Trinajstić information content (AvgIpc) is 2.62. The van der Waals surface area contributed by atoms with Gasteiger partial charge in [0.15, 0.2) is 0 Å². The van der Waals surface area contributed by atoms with Gasteiger partial charge in [-0.25, -0.2) is 0 Å². The van der Waals surface area contributed by atoms with Crippen molar-refractivity contribution >= 4 is 36.3 Å². The number of hydrogen-bond acceptors (Lipinski definition) is 7. The maximum absolute atomic E-state index is 12.5. The van der Waals surface area contributed by atoms with Gasteiger partial charge in [0.05, 0.1) is 6.04 Å². The molecule has 0 aliphatic carbocycles. The minimum atomic E-state index is -1.19. The Morgan fingerprint density at radius 1 is 0.964 bits per heavy atom. The number of nitrogens with one attached hydrogen (secondary N) is 3. The van der Waals surface area contributed by atoms with Crippen LogP contribution in [0.4, 0.5) is 0 Å². The van der Waals surface area contributed by atoms with Crippen LogP contribution < -0.4 is 27.4 Å². The van der Waals surface area contributed by atoms with Gasteiger partial charge >= 0.3 is 5.97 Å². The molecule has 4 unspecified atom stereocenters. The second-order valence-corrected chi connectivity index (χ2v) is 7.30. The third kappa shape index (κ3) is 9.38. The van der Waals surface area contributed by atoms with E-state index in [2.05, 4.69) is 28.6 Å². The maximum atomic E-state index is 12.5. The predicted octanol–water partition coefficient (Wildman–Crippen LogP) is -1.41. The third-order valence-electron chi connectivity index (χ3n) is 4.10. The molecule has 0 fully saturated rings. The van der Waals surface area contributed by atoms with E-state index < -0.39 is 47.9 Å². The third-order valence-corrected chi connectivity index (χ3v) is 4.46. The number of unbranched alkanes of at least 4 members (excludes halogenated alkanes) is 1. The molecule has 0 aromatic heterocycles. The van der Waals surface area contributed by atoms with Crippen LogP contribution in [0.1, 0.15) is 40.0 Å². The Morgan fingerprint density at radius 3 is 2.04 bits per heavy atom. The average molecular weight is 420 g/mol. The zero-order chi connectivity index (χ0) is 21.9. The smallest absolute Gasteiger partial charge is 0.325 e. The fourth-order valence-electron chi connectivity index (χ4n) is 2.27. The number of carboxylic acid groups (broad SMARTS) is 1. The van der Waals surface area contributed by atoms with Crippen LogP contribution in [0.25, 0.3) is 0 Å². The summed E-state index contributed by atoms with van der Waals surface area (Å²) in [6.07, 6.45) is 1.88. The molecule has 10 nitrogen and oxygen atoms in total. The van der Waals surface area contributed by atoms with Gasteiger partial charge in [-0.15, -0.1) is 0 Å². The summed E-state index contributed by atoms with van der Waals surface area (Å²) in [6.45, 7) is 5.24. The van der Waals surface area contributed by atoms with Crippen molar-refractivity contribution in [2.75, 3.05) is 12.3 Å². The van der Waals surface area contributed by atoms with Crippen molar-refractivity contribution in [3.05, 3.63) is 0 Å². The van der Waals surface area contributed by atoms with Crippen LogP contribution in [0, 0.1) is 5.92 Å². The summed E-state index contributed by atoms with van der Waals surface area (Å²) in [5.74, 6) is -3.21. The molecule has 0 aliphatic heterocycles. The number of carbonyl (C=O) groups excluding carboxylic acids is 3. The molecule has 0 saturated heterocycles. The van der Waals surface area contributed by atoms with Gasteiger partial charge in [0, 0.05) is 5.75 Å². The highest BCUT2D eigenvalue weighted by atomic mass is 32.1. The summed E-state index contributed by atoms with van der Waals surface area (Å²) in [6, 6.07) is -3.82.